The summed E-state index contributed by atoms with van der Waals surface area (Å²) in [4.78, 5) is 4.82. The van der Waals surface area contributed by atoms with Gasteiger partial charge < -0.3 is 5.11 Å². The van der Waals surface area contributed by atoms with Crippen LogP contribution in [-0.4, -0.2) is 10.1 Å². The molecule has 2 aromatic heterocycles. The minimum absolute atomic E-state index is 0.432. The lowest BCUT2D eigenvalue weighted by molar-refractivity contribution is 0.220. The normalized spacial score (nSPS) is 12.7. The molecule has 0 radical (unpaired) electrons. The van der Waals surface area contributed by atoms with Gasteiger partial charge in [0.1, 0.15) is 11.9 Å². The molecule has 0 fully saturated rings. The maximum Gasteiger partial charge on any atom is 0.141 e. The molecule has 78 valence electrons. The van der Waals surface area contributed by atoms with Crippen molar-refractivity contribution in [2.75, 3.05) is 0 Å². The summed E-state index contributed by atoms with van der Waals surface area (Å²) in [5, 5.41) is 11.8. The second-order valence-electron chi connectivity index (χ2n) is 3.33. The highest BCUT2D eigenvalue weighted by Crippen LogP contribution is 2.25. The summed E-state index contributed by atoms with van der Waals surface area (Å²) in [6.07, 6.45) is 1.80. The number of halogens is 1. The Hall–Kier alpha value is -1.26. The first-order valence-electron chi connectivity index (χ1n) is 4.50. The standard InChI is InChI=1S/C11H10FNOS/c1-7-2-9(6-15-7)11(14)8-3-10(12)5-13-4-8/h2-6,11,14H,1H3. The summed E-state index contributed by atoms with van der Waals surface area (Å²) in [5.74, 6) is -0.432. The zero-order valence-electron chi connectivity index (χ0n) is 8.14. The molecule has 1 N–H and O–H groups in total. The molecule has 1 unspecified atom stereocenters. The third kappa shape index (κ3) is 2.22. The summed E-state index contributed by atoms with van der Waals surface area (Å²) in [6, 6.07) is 3.19. The van der Waals surface area contributed by atoms with Gasteiger partial charge in [-0.3, -0.25) is 4.98 Å². The Balaban J connectivity index is 2.32. The Morgan fingerprint density at radius 3 is 2.73 bits per heavy atom. The number of aryl methyl sites for hydroxylation is 1. The molecule has 0 aromatic carbocycles. The van der Waals surface area contributed by atoms with E-state index >= 15 is 0 Å². The molecule has 0 aliphatic heterocycles. The van der Waals surface area contributed by atoms with Crippen molar-refractivity contribution in [3.8, 4) is 0 Å². The van der Waals surface area contributed by atoms with Crippen LogP contribution in [0.25, 0.3) is 0 Å². The number of pyridine rings is 1. The smallest absolute Gasteiger partial charge is 0.141 e. The van der Waals surface area contributed by atoms with E-state index in [1.807, 2.05) is 18.4 Å². The summed E-state index contributed by atoms with van der Waals surface area (Å²) in [7, 11) is 0. The number of nitrogens with zero attached hydrogens (tertiary/aromatic N) is 1. The number of hydrogen-bond donors (Lipinski definition) is 1. The van der Waals surface area contributed by atoms with Crippen molar-refractivity contribution < 1.29 is 9.50 Å². The molecule has 0 saturated carbocycles. The number of aliphatic hydroxyl groups is 1. The first-order valence-corrected chi connectivity index (χ1v) is 5.38. The maximum atomic E-state index is 12.9. The Labute approximate surface area is 91.0 Å². The first-order chi connectivity index (χ1) is 7.16. The number of aromatic nitrogens is 1. The second kappa shape index (κ2) is 4.08. The minimum Gasteiger partial charge on any atom is -0.384 e. The highest BCUT2D eigenvalue weighted by Gasteiger charge is 2.12. The predicted molar refractivity (Wildman–Crippen MR) is 57.3 cm³/mol. The van der Waals surface area contributed by atoms with E-state index in [-0.39, 0.29) is 0 Å². The number of rotatable bonds is 2. The summed E-state index contributed by atoms with van der Waals surface area (Å²) in [6.45, 7) is 1.96. The molecule has 4 heteroatoms. The van der Waals surface area contributed by atoms with Crippen molar-refractivity contribution >= 4 is 11.3 Å². The van der Waals surface area contributed by atoms with Gasteiger partial charge in [-0.05, 0) is 30.0 Å². The van der Waals surface area contributed by atoms with Gasteiger partial charge in [-0.1, -0.05) is 0 Å². The van der Waals surface area contributed by atoms with Crippen LogP contribution in [0.3, 0.4) is 0 Å². The van der Waals surface area contributed by atoms with Crippen molar-refractivity contribution in [3.63, 3.8) is 0 Å². The lowest BCUT2D eigenvalue weighted by atomic mass is 10.1. The molecular weight excluding hydrogens is 213 g/mol. The van der Waals surface area contributed by atoms with E-state index in [1.165, 1.54) is 12.3 Å². The third-order valence-corrected chi connectivity index (χ3v) is 2.99. The average molecular weight is 223 g/mol. The highest BCUT2D eigenvalue weighted by atomic mass is 32.1. The largest absolute Gasteiger partial charge is 0.384 e. The van der Waals surface area contributed by atoms with Crippen molar-refractivity contribution in [1.82, 2.24) is 4.98 Å². The minimum atomic E-state index is -0.793. The van der Waals surface area contributed by atoms with Crippen molar-refractivity contribution in [2.24, 2.45) is 0 Å². The number of thiophene rings is 1. The average Bonchev–Trinajstić information content (AvgIpc) is 2.64. The first kappa shape index (κ1) is 10.3. The molecule has 0 spiro atoms. The lowest BCUT2D eigenvalue weighted by Crippen LogP contribution is -1.99. The van der Waals surface area contributed by atoms with Crippen LogP contribution in [-0.2, 0) is 0 Å². The van der Waals surface area contributed by atoms with Gasteiger partial charge in [-0.25, -0.2) is 4.39 Å². The SMILES string of the molecule is Cc1cc(C(O)c2cncc(F)c2)cs1. The zero-order chi connectivity index (χ0) is 10.8. The van der Waals surface area contributed by atoms with Gasteiger partial charge in [0, 0.05) is 16.6 Å². The Kier molecular flexibility index (Phi) is 2.79. The lowest BCUT2D eigenvalue weighted by Gasteiger charge is -2.08. The van der Waals surface area contributed by atoms with Crippen molar-refractivity contribution in [3.05, 3.63) is 51.7 Å². The van der Waals surface area contributed by atoms with Gasteiger partial charge in [-0.2, -0.15) is 0 Å². The topological polar surface area (TPSA) is 33.1 Å². The molecule has 0 saturated heterocycles. The van der Waals surface area contributed by atoms with Crippen LogP contribution in [0.15, 0.2) is 29.9 Å². The third-order valence-electron chi connectivity index (χ3n) is 2.11. The molecule has 0 bridgehead atoms. The van der Waals surface area contributed by atoms with Gasteiger partial charge in [-0.15, -0.1) is 11.3 Å². The second-order valence-corrected chi connectivity index (χ2v) is 4.45. The Morgan fingerprint density at radius 1 is 1.33 bits per heavy atom. The van der Waals surface area contributed by atoms with E-state index in [4.69, 9.17) is 0 Å². The monoisotopic (exact) mass is 223 g/mol. The molecule has 2 heterocycles. The van der Waals surface area contributed by atoms with Crippen LogP contribution in [0, 0.1) is 12.7 Å². The van der Waals surface area contributed by atoms with E-state index < -0.39 is 11.9 Å². The predicted octanol–water partition coefficient (Wildman–Crippen LogP) is 2.67. The van der Waals surface area contributed by atoms with Crippen LogP contribution < -0.4 is 0 Å². The molecule has 1 atom stereocenters. The van der Waals surface area contributed by atoms with Gasteiger partial charge >= 0.3 is 0 Å². The molecule has 0 aliphatic carbocycles. The fourth-order valence-corrected chi connectivity index (χ4v) is 2.10. The van der Waals surface area contributed by atoms with E-state index in [0.717, 1.165) is 16.6 Å². The molecule has 15 heavy (non-hydrogen) atoms. The molecule has 2 nitrogen and oxygen atoms in total. The van der Waals surface area contributed by atoms with Gasteiger partial charge in [0.05, 0.1) is 6.20 Å². The molecule has 2 aromatic rings. The quantitative estimate of drug-likeness (QED) is 0.849. The van der Waals surface area contributed by atoms with E-state index in [9.17, 15) is 9.50 Å². The summed E-state index contributed by atoms with van der Waals surface area (Å²) >= 11 is 1.56. The summed E-state index contributed by atoms with van der Waals surface area (Å²) in [5.41, 5.74) is 1.26. The van der Waals surface area contributed by atoms with E-state index in [1.54, 1.807) is 11.3 Å². The van der Waals surface area contributed by atoms with Crippen LogP contribution >= 0.6 is 11.3 Å². The molecule has 0 aliphatic rings. The van der Waals surface area contributed by atoms with Crippen LogP contribution in [0.2, 0.25) is 0 Å². The Bertz CT molecular complexity index is 469. The van der Waals surface area contributed by atoms with E-state index in [0.29, 0.717) is 5.56 Å². The number of hydrogen-bond acceptors (Lipinski definition) is 3. The van der Waals surface area contributed by atoms with E-state index in [2.05, 4.69) is 4.98 Å². The van der Waals surface area contributed by atoms with Crippen LogP contribution in [0.4, 0.5) is 4.39 Å². The summed E-state index contributed by atoms with van der Waals surface area (Å²) < 4.78 is 12.9. The van der Waals surface area contributed by atoms with Crippen LogP contribution in [0.1, 0.15) is 22.1 Å². The fourth-order valence-electron chi connectivity index (χ4n) is 1.38. The van der Waals surface area contributed by atoms with Gasteiger partial charge in [0.25, 0.3) is 0 Å². The fraction of sp³-hybridized carbons (Fsp3) is 0.182. The Morgan fingerprint density at radius 2 is 2.13 bits per heavy atom. The van der Waals surface area contributed by atoms with Crippen LogP contribution in [0.5, 0.6) is 0 Å². The molecular formula is C11H10FNOS. The van der Waals surface area contributed by atoms with Crippen molar-refractivity contribution in [2.45, 2.75) is 13.0 Å². The molecule has 2 rings (SSSR count). The number of aliphatic hydroxyl groups excluding tert-OH is 1. The highest BCUT2D eigenvalue weighted by molar-refractivity contribution is 7.10. The zero-order valence-corrected chi connectivity index (χ0v) is 8.96. The molecule has 0 amide bonds. The van der Waals surface area contributed by atoms with Gasteiger partial charge in [0.2, 0.25) is 0 Å². The van der Waals surface area contributed by atoms with Crippen molar-refractivity contribution in [1.29, 1.82) is 0 Å². The maximum absolute atomic E-state index is 12.9. The van der Waals surface area contributed by atoms with Gasteiger partial charge in [0.15, 0.2) is 0 Å².